The summed E-state index contributed by atoms with van der Waals surface area (Å²) in [6, 6.07) is 30.2. The zero-order chi connectivity index (χ0) is 16.8. The van der Waals surface area contributed by atoms with Crippen molar-refractivity contribution in [1.82, 2.24) is 5.32 Å². The molecule has 0 saturated heterocycles. The number of nitrogens with one attached hydrogen (secondary N) is 1. The second kappa shape index (κ2) is 7.91. The molecular weight excluding hydrogens is 294 g/mol. The Morgan fingerprint density at radius 1 is 0.625 bits per heavy atom. The van der Waals surface area contributed by atoms with E-state index in [-0.39, 0.29) is 12.1 Å². The van der Waals surface area contributed by atoms with Crippen LogP contribution in [0.1, 0.15) is 41.8 Å². The molecule has 0 spiro atoms. The van der Waals surface area contributed by atoms with Crippen LogP contribution in [0.2, 0.25) is 0 Å². The van der Waals surface area contributed by atoms with Crippen molar-refractivity contribution < 1.29 is 5.11 Å². The maximum absolute atomic E-state index is 11.0. The standard InChI is InChI=1S/C22H23NO/c1-17(18-11-5-2-6-12-18)23-21(19-13-7-3-8-14-19)22(24)20-15-9-4-10-16-20/h2-17,21-24H,1H3/t17-,21+,22-/m0/s1. The summed E-state index contributed by atoms with van der Waals surface area (Å²) in [6.07, 6.45) is -0.611. The van der Waals surface area contributed by atoms with Gasteiger partial charge in [-0.25, -0.2) is 0 Å². The van der Waals surface area contributed by atoms with Crippen molar-refractivity contribution in [3.05, 3.63) is 108 Å². The van der Waals surface area contributed by atoms with Gasteiger partial charge in [0.1, 0.15) is 0 Å². The Kier molecular flexibility index (Phi) is 5.42. The Bertz CT molecular complexity index is 728. The number of aliphatic hydroxyl groups is 1. The predicted molar refractivity (Wildman–Crippen MR) is 98.6 cm³/mol. The van der Waals surface area contributed by atoms with Gasteiger partial charge in [0.05, 0.1) is 12.1 Å². The Morgan fingerprint density at radius 3 is 1.54 bits per heavy atom. The molecule has 2 heteroatoms. The summed E-state index contributed by atoms with van der Waals surface area (Å²) in [7, 11) is 0. The van der Waals surface area contributed by atoms with E-state index in [1.54, 1.807) is 0 Å². The van der Waals surface area contributed by atoms with E-state index in [2.05, 4.69) is 36.5 Å². The molecular formula is C22H23NO. The summed E-state index contributed by atoms with van der Waals surface area (Å²) < 4.78 is 0. The van der Waals surface area contributed by atoms with Crippen LogP contribution in [0, 0.1) is 0 Å². The molecule has 0 aliphatic carbocycles. The number of benzene rings is 3. The average Bonchev–Trinajstić information content (AvgIpc) is 2.67. The van der Waals surface area contributed by atoms with Crippen LogP contribution in [0.15, 0.2) is 91.0 Å². The molecule has 0 aromatic heterocycles. The third-order valence-electron chi connectivity index (χ3n) is 4.34. The molecule has 0 fully saturated rings. The number of hydrogen-bond acceptors (Lipinski definition) is 2. The summed E-state index contributed by atoms with van der Waals surface area (Å²) in [6.45, 7) is 2.13. The van der Waals surface area contributed by atoms with Gasteiger partial charge in [0, 0.05) is 6.04 Å². The van der Waals surface area contributed by atoms with Crippen LogP contribution in [0.4, 0.5) is 0 Å². The van der Waals surface area contributed by atoms with Crippen molar-refractivity contribution in [3.8, 4) is 0 Å². The van der Waals surface area contributed by atoms with Crippen molar-refractivity contribution >= 4 is 0 Å². The molecule has 24 heavy (non-hydrogen) atoms. The average molecular weight is 317 g/mol. The molecule has 3 aromatic carbocycles. The van der Waals surface area contributed by atoms with Gasteiger partial charge < -0.3 is 10.4 Å². The third kappa shape index (κ3) is 3.91. The van der Waals surface area contributed by atoms with Gasteiger partial charge in [0.2, 0.25) is 0 Å². The number of aliphatic hydroxyl groups excluding tert-OH is 1. The zero-order valence-electron chi connectivity index (χ0n) is 13.8. The molecule has 122 valence electrons. The first-order valence-electron chi connectivity index (χ1n) is 8.34. The lowest BCUT2D eigenvalue weighted by atomic mass is 9.94. The maximum atomic E-state index is 11.0. The number of hydrogen-bond donors (Lipinski definition) is 2. The smallest absolute Gasteiger partial charge is 0.0984 e. The SMILES string of the molecule is C[C@H](N[C@H](c1ccccc1)[C@@H](O)c1ccccc1)c1ccccc1. The van der Waals surface area contributed by atoms with E-state index in [9.17, 15) is 5.11 Å². The first-order valence-corrected chi connectivity index (χ1v) is 8.34. The van der Waals surface area contributed by atoms with Crippen molar-refractivity contribution in [2.75, 3.05) is 0 Å². The minimum Gasteiger partial charge on any atom is -0.386 e. The fraction of sp³-hybridized carbons (Fsp3) is 0.182. The van der Waals surface area contributed by atoms with E-state index in [1.807, 2.05) is 66.7 Å². The normalized spacial score (nSPS) is 14.8. The van der Waals surface area contributed by atoms with E-state index in [4.69, 9.17) is 0 Å². The van der Waals surface area contributed by atoms with Crippen LogP contribution in [-0.2, 0) is 0 Å². The molecule has 2 nitrogen and oxygen atoms in total. The van der Waals surface area contributed by atoms with Gasteiger partial charge in [0.25, 0.3) is 0 Å². The molecule has 3 rings (SSSR count). The van der Waals surface area contributed by atoms with Crippen LogP contribution >= 0.6 is 0 Å². The fourth-order valence-electron chi connectivity index (χ4n) is 2.98. The van der Waals surface area contributed by atoms with E-state index in [0.29, 0.717) is 0 Å². The van der Waals surface area contributed by atoms with E-state index in [0.717, 1.165) is 11.1 Å². The Morgan fingerprint density at radius 2 is 1.04 bits per heavy atom. The van der Waals surface area contributed by atoms with Crippen LogP contribution in [-0.4, -0.2) is 5.11 Å². The van der Waals surface area contributed by atoms with Crippen LogP contribution in [0.3, 0.4) is 0 Å². The summed E-state index contributed by atoms with van der Waals surface area (Å²) in [4.78, 5) is 0. The maximum Gasteiger partial charge on any atom is 0.0984 e. The topological polar surface area (TPSA) is 32.3 Å². The van der Waals surface area contributed by atoms with Crippen LogP contribution in [0.5, 0.6) is 0 Å². The van der Waals surface area contributed by atoms with Gasteiger partial charge in [-0.05, 0) is 23.6 Å². The van der Waals surface area contributed by atoms with Crippen LogP contribution in [0.25, 0.3) is 0 Å². The van der Waals surface area contributed by atoms with Crippen molar-refractivity contribution in [2.45, 2.75) is 25.1 Å². The minimum atomic E-state index is -0.611. The second-order valence-corrected chi connectivity index (χ2v) is 6.04. The number of rotatable bonds is 6. The highest BCUT2D eigenvalue weighted by atomic mass is 16.3. The Hall–Kier alpha value is -2.42. The second-order valence-electron chi connectivity index (χ2n) is 6.04. The Labute approximate surface area is 143 Å². The lowest BCUT2D eigenvalue weighted by molar-refractivity contribution is 0.123. The van der Waals surface area contributed by atoms with Gasteiger partial charge in [-0.15, -0.1) is 0 Å². The first kappa shape index (κ1) is 16.4. The highest BCUT2D eigenvalue weighted by Gasteiger charge is 2.24. The fourth-order valence-corrected chi connectivity index (χ4v) is 2.98. The molecule has 2 N–H and O–H groups in total. The van der Waals surface area contributed by atoms with Crippen LogP contribution < -0.4 is 5.32 Å². The minimum absolute atomic E-state index is 0.134. The molecule has 0 aliphatic rings. The van der Waals surface area contributed by atoms with E-state index < -0.39 is 6.10 Å². The molecule has 0 unspecified atom stereocenters. The largest absolute Gasteiger partial charge is 0.386 e. The molecule has 0 aliphatic heterocycles. The van der Waals surface area contributed by atoms with E-state index >= 15 is 0 Å². The van der Waals surface area contributed by atoms with Crippen molar-refractivity contribution in [1.29, 1.82) is 0 Å². The lowest BCUT2D eigenvalue weighted by Gasteiger charge is -2.28. The van der Waals surface area contributed by atoms with Gasteiger partial charge in [-0.3, -0.25) is 0 Å². The highest BCUT2D eigenvalue weighted by molar-refractivity contribution is 5.27. The van der Waals surface area contributed by atoms with Gasteiger partial charge in [0.15, 0.2) is 0 Å². The summed E-state index contributed by atoms with van der Waals surface area (Å²) in [5.41, 5.74) is 3.20. The Balaban J connectivity index is 1.88. The molecule has 0 amide bonds. The molecule has 0 radical (unpaired) electrons. The summed E-state index contributed by atoms with van der Waals surface area (Å²) >= 11 is 0. The van der Waals surface area contributed by atoms with Gasteiger partial charge in [-0.2, -0.15) is 0 Å². The zero-order valence-corrected chi connectivity index (χ0v) is 13.8. The quantitative estimate of drug-likeness (QED) is 0.683. The molecule has 3 atom stereocenters. The summed E-state index contributed by atoms with van der Waals surface area (Å²) in [5.74, 6) is 0. The molecule has 0 saturated carbocycles. The molecule has 0 bridgehead atoms. The first-order chi connectivity index (χ1) is 11.8. The monoisotopic (exact) mass is 317 g/mol. The highest BCUT2D eigenvalue weighted by Crippen LogP contribution is 2.31. The van der Waals surface area contributed by atoms with Crippen molar-refractivity contribution in [2.24, 2.45) is 0 Å². The molecule has 3 aromatic rings. The lowest BCUT2D eigenvalue weighted by Crippen LogP contribution is -2.29. The third-order valence-corrected chi connectivity index (χ3v) is 4.34. The predicted octanol–water partition coefficient (Wildman–Crippen LogP) is 4.81. The van der Waals surface area contributed by atoms with Crippen molar-refractivity contribution in [3.63, 3.8) is 0 Å². The van der Waals surface area contributed by atoms with Gasteiger partial charge >= 0.3 is 0 Å². The van der Waals surface area contributed by atoms with E-state index in [1.165, 1.54) is 5.56 Å². The van der Waals surface area contributed by atoms with Gasteiger partial charge in [-0.1, -0.05) is 91.0 Å². The molecule has 0 heterocycles. The summed E-state index contributed by atoms with van der Waals surface area (Å²) in [5, 5.41) is 14.6.